The highest BCUT2D eigenvalue weighted by atomic mass is 16.5. The highest BCUT2D eigenvalue weighted by molar-refractivity contribution is 5.25. The molecule has 0 spiro atoms. The van der Waals surface area contributed by atoms with Crippen molar-refractivity contribution in [1.82, 2.24) is 5.32 Å². The average molecular weight is 177 g/mol. The lowest BCUT2D eigenvalue weighted by Gasteiger charge is -2.10. The second kappa shape index (κ2) is 3.90. The second-order valence-corrected chi connectivity index (χ2v) is 3.30. The van der Waals surface area contributed by atoms with Crippen LogP contribution in [-0.2, 0) is 11.2 Å². The summed E-state index contributed by atoms with van der Waals surface area (Å²) in [6.07, 6.45) is 1.20. The summed E-state index contributed by atoms with van der Waals surface area (Å²) < 4.78 is 5.53. The van der Waals surface area contributed by atoms with E-state index in [1.54, 1.807) is 0 Å². The molecular formula is C11H15NO. The van der Waals surface area contributed by atoms with E-state index in [0.717, 1.165) is 19.6 Å². The quantitative estimate of drug-likeness (QED) is 0.744. The van der Waals surface area contributed by atoms with Gasteiger partial charge >= 0.3 is 0 Å². The van der Waals surface area contributed by atoms with E-state index in [2.05, 4.69) is 36.5 Å². The van der Waals surface area contributed by atoms with E-state index in [1.807, 2.05) is 0 Å². The van der Waals surface area contributed by atoms with E-state index in [9.17, 15) is 0 Å². The normalized spacial score (nSPS) is 22.1. The Morgan fingerprint density at radius 3 is 3.15 bits per heavy atom. The summed E-state index contributed by atoms with van der Waals surface area (Å²) in [6, 6.07) is 8.57. The van der Waals surface area contributed by atoms with Gasteiger partial charge in [0, 0.05) is 6.54 Å². The Hall–Kier alpha value is -0.860. The Balaban J connectivity index is 2.18. The zero-order valence-electron chi connectivity index (χ0n) is 7.92. The van der Waals surface area contributed by atoms with E-state index < -0.39 is 0 Å². The maximum Gasteiger partial charge on any atom is 0.134 e. The Bertz CT molecular complexity index is 279. The standard InChI is InChI=1S/C11H15NO/c1-2-9-4-3-5-10(8-9)11-12-6-7-13-11/h3-5,8,11-12H,2,6-7H2,1H3. The van der Waals surface area contributed by atoms with Crippen LogP contribution in [0.3, 0.4) is 0 Å². The van der Waals surface area contributed by atoms with Gasteiger partial charge in [0.1, 0.15) is 6.23 Å². The smallest absolute Gasteiger partial charge is 0.134 e. The molecule has 70 valence electrons. The summed E-state index contributed by atoms with van der Waals surface area (Å²) in [4.78, 5) is 0. The number of benzene rings is 1. The molecule has 1 unspecified atom stereocenters. The largest absolute Gasteiger partial charge is 0.358 e. The molecular weight excluding hydrogens is 162 g/mol. The second-order valence-electron chi connectivity index (χ2n) is 3.30. The van der Waals surface area contributed by atoms with Crippen molar-refractivity contribution in [3.63, 3.8) is 0 Å². The van der Waals surface area contributed by atoms with Gasteiger partial charge in [-0.15, -0.1) is 0 Å². The summed E-state index contributed by atoms with van der Waals surface area (Å²) in [5.41, 5.74) is 2.62. The lowest BCUT2D eigenvalue weighted by atomic mass is 10.1. The fraction of sp³-hybridized carbons (Fsp3) is 0.455. The third-order valence-electron chi connectivity index (χ3n) is 2.38. The molecule has 1 aromatic carbocycles. The van der Waals surface area contributed by atoms with Gasteiger partial charge in [-0.3, -0.25) is 5.32 Å². The minimum atomic E-state index is 0.117. The lowest BCUT2D eigenvalue weighted by Crippen LogP contribution is -2.13. The Morgan fingerprint density at radius 1 is 1.54 bits per heavy atom. The van der Waals surface area contributed by atoms with Crippen LogP contribution in [0.2, 0.25) is 0 Å². The minimum absolute atomic E-state index is 0.117. The average Bonchev–Trinajstić information content (AvgIpc) is 2.71. The first-order valence-corrected chi connectivity index (χ1v) is 4.84. The van der Waals surface area contributed by atoms with Crippen molar-refractivity contribution in [3.05, 3.63) is 35.4 Å². The Morgan fingerprint density at radius 2 is 2.46 bits per heavy atom. The summed E-state index contributed by atoms with van der Waals surface area (Å²) in [7, 11) is 0. The molecule has 1 fully saturated rings. The number of aryl methyl sites for hydroxylation is 1. The van der Waals surface area contributed by atoms with Gasteiger partial charge in [0.05, 0.1) is 6.61 Å². The van der Waals surface area contributed by atoms with E-state index in [1.165, 1.54) is 11.1 Å². The van der Waals surface area contributed by atoms with Gasteiger partial charge in [-0.05, 0) is 17.5 Å². The molecule has 2 nitrogen and oxygen atoms in total. The molecule has 0 aliphatic carbocycles. The highest BCUT2D eigenvalue weighted by Crippen LogP contribution is 2.18. The molecule has 0 amide bonds. The predicted molar refractivity (Wildman–Crippen MR) is 52.5 cm³/mol. The van der Waals surface area contributed by atoms with Crippen LogP contribution in [0, 0.1) is 0 Å². The summed E-state index contributed by atoms with van der Waals surface area (Å²) in [5, 5.41) is 3.30. The van der Waals surface area contributed by atoms with Crippen molar-refractivity contribution in [2.75, 3.05) is 13.2 Å². The Kier molecular flexibility index (Phi) is 2.62. The number of hydrogen-bond donors (Lipinski definition) is 1. The van der Waals surface area contributed by atoms with Crippen LogP contribution < -0.4 is 5.32 Å². The van der Waals surface area contributed by atoms with E-state index >= 15 is 0 Å². The molecule has 1 aliphatic heterocycles. The molecule has 0 bridgehead atoms. The van der Waals surface area contributed by atoms with Crippen molar-refractivity contribution in [2.45, 2.75) is 19.6 Å². The number of rotatable bonds is 2. The van der Waals surface area contributed by atoms with Crippen molar-refractivity contribution in [3.8, 4) is 0 Å². The van der Waals surface area contributed by atoms with E-state index in [0.29, 0.717) is 0 Å². The first-order chi connectivity index (χ1) is 6.40. The maximum atomic E-state index is 5.53. The maximum absolute atomic E-state index is 5.53. The van der Waals surface area contributed by atoms with Gasteiger partial charge in [-0.1, -0.05) is 31.2 Å². The van der Waals surface area contributed by atoms with Crippen molar-refractivity contribution < 1.29 is 4.74 Å². The summed E-state index contributed by atoms with van der Waals surface area (Å²) in [5.74, 6) is 0. The topological polar surface area (TPSA) is 21.3 Å². The molecule has 1 saturated heterocycles. The monoisotopic (exact) mass is 177 g/mol. The predicted octanol–water partition coefficient (Wildman–Crippen LogP) is 1.87. The van der Waals surface area contributed by atoms with Crippen LogP contribution in [0.25, 0.3) is 0 Å². The van der Waals surface area contributed by atoms with E-state index in [4.69, 9.17) is 4.74 Å². The number of nitrogens with one attached hydrogen (secondary N) is 1. The van der Waals surface area contributed by atoms with Crippen LogP contribution >= 0.6 is 0 Å². The lowest BCUT2D eigenvalue weighted by molar-refractivity contribution is 0.102. The molecule has 2 rings (SSSR count). The third-order valence-corrected chi connectivity index (χ3v) is 2.38. The molecule has 1 aromatic rings. The molecule has 1 heterocycles. The van der Waals surface area contributed by atoms with Gasteiger partial charge in [0.2, 0.25) is 0 Å². The van der Waals surface area contributed by atoms with Crippen molar-refractivity contribution in [2.24, 2.45) is 0 Å². The number of hydrogen-bond acceptors (Lipinski definition) is 2. The molecule has 0 aromatic heterocycles. The van der Waals surface area contributed by atoms with Gasteiger partial charge in [-0.2, -0.15) is 0 Å². The zero-order valence-corrected chi connectivity index (χ0v) is 7.92. The molecule has 0 radical (unpaired) electrons. The van der Waals surface area contributed by atoms with Gasteiger partial charge in [0.15, 0.2) is 0 Å². The first kappa shape index (κ1) is 8.73. The van der Waals surface area contributed by atoms with Crippen LogP contribution in [0.4, 0.5) is 0 Å². The summed E-state index contributed by atoms with van der Waals surface area (Å²) >= 11 is 0. The Labute approximate surface area is 78.9 Å². The zero-order chi connectivity index (χ0) is 9.10. The summed E-state index contributed by atoms with van der Waals surface area (Å²) in [6.45, 7) is 3.95. The molecule has 2 heteroatoms. The van der Waals surface area contributed by atoms with Gasteiger partial charge in [0.25, 0.3) is 0 Å². The van der Waals surface area contributed by atoms with Crippen LogP contribution in [0.5, 0.6) is 0 Å². The van der Waals surface area contributed by atoms with Crippen LogP contribution in [-0.4, -0.2) is 13.2 Å². The third kappa shape index (κ3) is 1.90. The van der Waals surface area contributed by atoms with Crippen LogP contribution in [0.1, 0.15) is 24.3 Å². The molecule has 1 aliphatic rings. The SMILES string of the molecule is CCc1cccc(C2NCCO2)c1. The van der Waals surface area contributed by atoms with E-state index in [-0.39, 0.29) is 6.23 Å². The fourth-order valence-electron chi connectivity index (χ4n) is 1.62. The molecule has 13 heavy (non-hydrogen) atoms. The van der Waals surface area contributed by atoms with Crippen molar-refractivity contribution >= 4 is 0 Å². The molecule has 1 atom stereocenters. The van der Waals surface area contributed by atoms with Gasteiger partial charge in [-0.25, -0.2) is 0 Å². The molecule has 0 saturated carbocycles. The number of ether oxygens (including phenoxy) is 1. The highest BCUT2D eigenvalue weighted by Gasteiger charge is 2.15. The molecule has 1 N–H and O–H groups in total. The fourth-order valence-corrected chi connectivity index (χ4v) is 1.62. The van der Waals surface area contributed by atoms with Crippen molar-refractivity contribution in [1.29, 1.82) is 0 Å². The minimum Gasteiger partial charge on any atom is -0.358 e. The van der Waals surface area contributed by atoms with Gasteiger partial charge < -0.3 is 4.74 Å². The van der Waals surface area contributed by atoms with Crippen LogP contribution in [0.15, 0.2) is 24.3 Å². The first-order valence-electron chi connectivity index (χ1n) is 4.84.